The normalized spacial score (nSPS) is 21.9. The van der Waals surface area contributed by atoms with Crippen molar-refractivity contribution in [1.82, 2.24) is 9.88 Å². The first-order valence-electron chi connectivity index (χ1n) is 12.3. The topological polar surface area (TPSA) is 41.7 Å². The third kappa shape index (κ3) is 3.90. The number of anilines is 1. The Bertz CT molecular complexity index is 1300. The molecule has 1 aliphatic heterocycles. The summed E-state index contributed by atoms with van der Waals surface area (Å²) in [6, 6.07) is 13.7. The van der Waals surface area contributed by atoms with E-state index in [0.29, 0.717) is 12.0 Å². The van der Waals surface area contributed by atoms with Gasteiger partial charge in [0.15, 0.2) is 0 Å². The summed E-state index contributed by atoms with van der Waals surface area (Å²) in [7, 11) is 1.71. The van der Waals surface area contributed by atoms with Gasteiger partial charge >= 0.3 is 0 Å². The summed E-state index contributed by atoms with van der Waals surface area (Å²) < 4.78 is 25.5. The van der Waals surface area contributed by atoms with E-state index in [1.165, 1.54) is 36.6 Å². The molecule has 2 fully saturated rings. The van der Waals surface area contributed by atoms with Crippen molar-refractivity contribution in [3.8, 4) is 5.75 Å². The number of piperazine rings is 1. The summed E-state index contributed by atoms with van der Waals surface area (Å²) in [5, 5.41) is 2.05. The summed E-state index contributed by atoms with van der Waals surface area (Å²) in [4.78, 5) is 9.47. The molecule has 0 atom stereocenters. The predicted molar refractivity (Wildman–Crippen MR) is 133 cm³/mol. The lowest BCUT2D eigenvalue weighted by Crippen LogP contribution is -2.51. The maximum absolute atomic E-state index is 14.2. The standard InChI is InChI=1S/C28H30FN3O2/c1-33-23-8-9-27-24(17-23)25(18-34-27)19-4-6-22(7-5-19)31-11-13-32(14-12-31)26-16-21(29)15-20-3-2-10-30-28(20)26/h2-3,8-10,15-19,22H,4-7,11-14H2,1H3/t19-,22-. The van der Waals surface area contributed by atoms with Crippen molar-refractivity contribution >= 4 is 27.6 Å². The molecule has 3 heterocycles. The average molecular weight is 460 g/mol. The molecule has 1 saturated carbocycles. The largest absolute Gasteiger partial charge is 0.497 e. The summed E-state index contributed by atoms with van der Waals surface area (Å²) in [5.74, 6) is 1.22. The lowest BCUT2D eigenvalue weighted by atomic mass is 9.81. The van der Waals surface area contributed by atoms with Crippen molar-refractivity contribution in [2.24, 2.45) is 0 Å². The van der Waals surface area contributed by atoms with Gasteiger partial charge in [0.25, 0.3) is 0 Å². The van der Waals surface area contributed by atoms with Crippen LogP contribution in [0.3, 0.4) is 0 Å². The smallest absolute Gasteiger partial charge is 0.134 e. The van der Waals surface area contributed by atoms with E-state index < -0.39 is 0 Å². The van der Waals surface area contributed by atoms with Crippen LogP contribution in [0.1, 0.15) is 37.2 Å². The molecule has 6 rings (SSSR count). The van der Waals surface area contributed by atoms with E-state index in [1.807, 2.05) is 30.5 Å². The number of fused-ring (bicyclic) bond motifs is 2. The third-order valence-electron chi connectivity index (χ3n) is 7.77. The van der Waals surface area contributed by atoms with Gasteiger partial charge in [-0.1, -0.05) is 6.07 Å². The number of hydrogen-bond donors (Lipinski definition) is 0. The summed E-state index contributed by atoms with van der Waals surface area (Å²) in [5.41, 5.74) is 4.07. The van der Waals surface area contributed by atoms with Crippen LogP contribution in [0.5, 0.6) is 5.75 Å². The van der Waals surface area contributed by atoms with Gasteiger partial charge in [-0.05, 0) is 68.0 Å². The SMILES string of the molecule is COc1ccc2occ([C@H]3CC[C@H](N4CCN(c5cc(F)cc6cccnc56)CC4)CC3)c2c1. The number of benzene rings is 2. The zero-order valence-corrected chi connectivity index (χ0v) is 19.5. The molecule has 2 aromatic heterocycles. The number of nitrogens with zero attached hydrogens (tertiary/aromatic N) is 3. The van der Waals surface area contributed by atoms with Crippen molar-refractivity contribution in [2.45, 2.75) is 37.6 Å². The average Bonchev–Trinajstić information content (AvgIpc) is 3.31. The number of ether oxygens (including phenoxy) is 1. The molecule has 0 spiro atoms. The van der Waals surface area contributed by atoms with Crippen LogP contribution in [0.2, 0.25) is 0 Å². The number of aromatic nitrogens is 1. The Kier molecular flexibility index (Phi) is 5.61. The molecule has 1 aliphatic carbocycles. The molecule has 176 valence electrons. The molecule has 1 saturated heterocycles. The lowest BCUT2D eigenvalue weighted by molar-refractivity contribution is 0.141. The third-order valence-corrected chi connectivity index (χ3v) is 7.77. The van der Waals surface area contributed by atoms with Crippen LogP contribution in [-0.4, -0.2) is 49.2 Å². The monoisotopic (exact) mass is 459 g/mol. The Hall–Kier alpha value is -3.12. The molecular weight excluding hydrogens is 429 g/mol. The van der Waals surface area contributed by atoms with Crippen molar-refractivity contribution in [1.29, 1.82) is 0 Å². The molecule has 4 aromatic rings. The van der Waals surface area contributed by atoms with Crippen molar-refractivity contribution in [3.63, 3.8) is 0 Å². The Morgan fingerprint density at radius 3 is 2.62 bits per heavy atom. The highest BCUT2D eigenvalue weighted by Gasteiger charge is 2.30. The van der Waals surface area contributed by atoms with E-state index in [1.54, 1.807) is 25.4 Å². The molecule has 0 unspecified atom stereocenters. The van der Waals surface area contributed by atoms with Gasteiger partial charge in [0.2, 0.25) is 0 Å². The Morgan fingerprint density at radius 2 is 1.82 bits per heavy atom. The van der Waals surface area contributed by atoms with Crippen molar-refractivity contribution in [3.05, 3.63) is 66.3 Å². The van der Waals surface area contributed by atoms with Crippen LogP contribution in [0.25, 0.3) is 21.9 Å². The van der Waals surface area contributed by atoms with Crippen LogP contribution in [0.15, 0.2) is 59.3 Å². The number of hydrogen-bond acceptors (Lipinski definition) is 5. The van der Waals surface area contributed by atoms with E-state index in [4.69, 9.17) is 9.15 Å². The van der Waals surface area contributed by atoms with Crippen LogP contribution in [0.4, 0.5) is 10.1 Å². The van der Waals surface area contributed by atoms with Crippen LogP contribution >= 0.6 is 0 Å². The molecule has 34 heavy (non-hydrogen) atoms. The first-order valence-corrected chi connectivity index (χ1v) is 12.3. The van der Waals surface area contributed by atoms with Gasteiger partial charge in [-0.15, -0.1) is 0 Å². The number of furan rings is 1. The minimum atomic E-state index is -0.194. The number of halogens is 1. The van der Waals surface area contributed by atoms with Crippen molar-refractivity contribution in [2.75, 3.05) is 38.2 Å². The van der Waals surface area contributed by atoms with Gasteiger partial charge in [-0.2, -0.15) is 0 Å². The number of pyridine rings is 1. The quantitative estimate of drug-likeness (QED) is 0.376. The van der Waals surface area contributed by atoms with E-state index in [0.717, 1.165) is 54.1 Å². The minimum Gasteiger partial charge on any atom is -0.497 e. The molecule has 5 nitrogen and oxygen atoms in total. The maximum Gasteiger partial charge on any atom is 0.134 e. The maximum atomic E-state index is 14.2. The highest BCUT2D eigenvalue weighted by molar-refractivity contribution is 5.91. The van der Waals surface area contributed by atoms with E-state index in [-0.39, 0.29) is 5.82 Å². The molecule has 6 heteroatoms. The van der Waals surface area contributed by atoms with Crippen LogP contribution in [0, 0.1) is 5.82 Å². The Balaban J connectivity index is 1.10. The van der Waals surface area contributed by atoms with Gasteiger partial charge in [-0.25, -0.2) is 4.39 Å². The fraction of sp³-hybridized carbons (Fsp3) is 0.393. The Labute approximate surface area is 199 Å². The molecular formula is C28H30FN3O2. The molecule has 0 bridgehead atoms. The second-order valence-corrected chi connectivity index (χ2v) is 9.58. The summed E-state index contributed by atoms with van der Waals surface area (Å²) >= 11 is 0. The van der Waals surface area contributed by atoms with Crippen LogP contribution < -0.4 is 9.64 Å². The minimum absolute atomic E-state index is 0.194. The highest BCUT2D eigenvalue weighted by Crippen LogP contribution is 2.40. The Morgan fingerprint density at radius 1 is 1.00 bits per heavy atom. The molecule has 2 aromatic carbocycles. The summed E-state index contributed by atoms with van der Waals surface area (Å²) in [6.07, 6.45) is 8.49. The number of rotatable bonds is 4. The molecule has 0 radical (unpaired) electrons. The molecule has 2 aliphatic rings. The zero-order chi connectivity index (χ0) is 23.1. The number of methoxy groups -OCH3 is 1. The van der Waals surface area contributed by atoms with Gasteiger partial charge < -0.3 is 14.1 Å². The van der Waals surface area contributed by atoms with Crippen molar-refractivity contribution < 1.29 is 13.5 Å². The predicted octanol–water partition coefficient (Wildman–Crippen LogP) is 5.98. The van der Waals surface area contributed by atoms with Gasteiger partial charge in [0, 0.05) is 54.8 Å². The summed E-state index contributed by atoms with van der Waals surface area (Å²) in [6.45, 7) is 3.82. The van der Waals surface area contributed by atoms with Crippen LogP contribution in [-0.2, 0) is 0 Å². The van der Waals surface area contributed by atoms with E-state index in [2.05, 4.69) is 20.9 Å². The van der Waals surface area contributed by atoms with E-state index >= 15 is 0 Å². The zero-order valence-electron chi connectivity index (χ0n) is 19.5. The molecule has 0 amide bonds. The van der Waals surface area contributed by atoms with Gasteiger partial charge in [-0.3, -0.25) is 9.88 Å². The van der Waals surface area contributed by atoms with Gasteiger partial charge in [0.1, 0.15) is 17.1 Å². The van der Waals surface area contributed by atoms with E-state index in [9.17, 15) is 4.39 Å². The fourth-order valence-electron chi connectivity index (χ4n) is 5.93. The van der Waals surface area contributed by atoms with Gasteiger partial charge in [0.05, 0.1) is 24.6 Å². The fourth-order valence-corrected chi connectivity index (χ4v) is 5.93. The highest BCUT2D eigenvalue weighted by atomic mass is 19.1. The second kappa shape index (κ2) is 8.91. The first-order chi connectivity index (χ1) is 16.7. The second-order valence-electron chi connectivity index (χ2n) is 9.58. The first kappa shape index (κ1) is 21.4. The lowest BCUT2D eigenvalue weighted by Gasteiger charge is -2.42. The molecule has 0 N–H and O–H groups in total.